The zero-order chi connectivity index (χ0) is 15.7. The lowest BCUT2D eigenvalue weighted by Gasteiger charge is -2.22. The molecule has 22 heavy (non-hydrogen) atoms. The van der Waals surface area contributed by atoms with Gasteiger partial charge in [-0.1, -0.05) is 42.0 Å². The van der Waals surface area contributed by atoms with E-state index in [0.29, 0.717) is 12.0 Å². The van der Waals surface area contributed by atoms with E-state index < -0.39 is 0 Å². The van der Waals surface area contributed by atoms with Crippen LogP contribution in [-0.4, -0.2) is 48.3 Å². The molecule has 0 aliphatic carbocycles. The molecule has 118 valence electrons. The average molecular weight is 337 g/mol. The van der Waals surface area contributed by atoms with Gasteiger partial charge in [0.2, 0.25) is 5.13 Å². The van der Waals surface area contributed by atoms with Gasteiger partial charge in [-0.2, -0.15) is 0 Å². The third-order valence-corrected chi connectivity index (χ3v) is 5.47. The lowest BCUT2D eigenvalue weighted by molar-refractivity contribution is 0.266. The molecule has 2 atom stereocenters. The zero-order valence-electron chi connectivity index (χ0n) is 13.2. The van der Waals surface area contributed by atoms with Crippen LogP contribution in [0.25, 0.3) is 0 Å². The molecule has 1 aliphatic rings. The summed E-state index contributed by atoms with van der Waals surface area (Å²) in [5.41, 5.74) is 1.22. The molecule has 2 aromatic rings. The summed E-state index contributed by atoms with van der Waals surface area (Å²) in [5, 5.41) is 11.6. The smallest absolute Gasteiger partial charge is 0.208 e. The monoisotopic (exact) mass is 336 g/mol. The minimum Gasteiger partial charge on any atom is -0.345 e. The molecule has 0 bridgehead atoms. The number of hydrogen-bond donors (Lipinski definition) is 0. The summed E-state index contributed by atoms with van der Waals surface area (Å²) in [6.45, 7) is 4.39. The van der Waals surface area contributed by atoms with Gasteiger partial charge in [0, 0.05) is 30.6 Å². The molecule has 1 saturated heterocycles. The normalized spacial score (nSPS) is 21.8. The van der Waals surface area contributed by atoms with Gasteiger partial charge in [-0.15, -0.1) is 10.2 Å². The van der Waals surface area contributed by atoms with Crippen LogP contribution in [0.4, 0.5) is 5.13 Å². The molecular formula is C16H21ClN4S. The number of rotatable bonds is 4. The minimum atomic E-state index is 0.587. The maximum atomic E-state index is 5.92. The van der Waals surface area contributed by atoms with Crippen molar-refractivity contribution in [2.45, 2.75) is 19.4 Å². The van der Waals surface area contributed by atoms with Crippen LogP contribution in [0.5, 0.6) is 0 Å². The Balaban J connectivity index is 1.68. The van der Waals surface area contributed by atoms with E-state index in [9.17, 15) is 0 Å². The molecule has 4 nitrogen and oxygen atoms in total. The lowest BCUT2D eigenvalue weighted by atomic mass is 10.1. The topological polar surface area (TPSA) is 32.3 Å². The van der Waals surface area contributed by atoms with Gasteiger partial charge in [-0.3, -0.25) is 0 Å². The van der Waals surface area contributed by atoms with Crippen molar-refractivity contribution in [2.75, 3.05) is 32.1 Å². The van der Waals surface area contributed by atoms with Crippen LogP contribution < -0.4 is 4.90 Å². The fraction of sp³-hybridized carbons (Fsp3) is 0.500. The van der Waals surface area contributed by atoms with Gasteiger partial charge < -0.3 is 9.80 Å². The van der Waals surface area contributed by atoms with Gasteiger partial charge in [0.15, 0.2) is 0 Å². The van der Waals surface area contributed by atoms with Crippen molar-refractivity contribution in [1.82, 2.24) is 15.1 Å². The van der Waals surface area contributed by atoms with E-state index in [4.69, 9.17) is 11.6 Å². The summed E-state index contributed by atoms with van der Waals surface area (Å²) in [6.07, 6.45) is 0.815. The van der Waals surface area contributed by atoms with E-state index >= 15 is 0 Å². The summed E-state index contributed by atoms with van der Waals surface area (Å²) >= 11 is 7.62. The molecule has 1 aliphatic heterocycles. The maximum absolute atomic E-state index is 5.92. The first-order valence-corrected chi connectivity index (χ1v) is 8.70. The van der Waals surface area contributed by atoms with Crippen molar-refractivity contribution in [3.05, 3.63) is 39.9 Å². The number of likely N-dealkylation sites (N-methyl/N-ethyl adjacent to an activating group) is 1. The summed E-state index contributed by atoms with van der Waals surface area (Å²) in [4.78, 5) is 4.67. The Bertz CT molecular complexity index is 625. The number of benzene rings is 1. The summed E-state index contributed by atoms with van der Waals surface area (Å²) in [5.74, 6) is 0.651. The molecule has 0 amide bonds. The summed E-state index contributed by atoms with van der Waals surface area (Å²) in [7, 11) is 4.30. The van der Waals surface area contributed by atoms with E-state index in [1.54, 1.807) is 11.3 Å². The Kier molecular flexibility index (Phi) is 4.66. The highest BCUT2D eigenvalue weighted by Crippen LogP contribution is 2.29. The Hall–Kier alpha value is -1.17. The van der Waals surface area contributed by atoms with Crippen molar-refractivity contribution in [3.8, 4) is 0 Å². The van der Waals surface area contributed by atoms with Crippen molar-refractivity contribution in [1.29, 1.82) is 0 Å². The van der Waals surface area contributed by atoms with E-state index in [0.717, 1.165) is 34.7 Å². The van der Waals surface area contributed by atoms with Crippen LogP contribution >= 0.6 is 22.9 Å². The predicted molar refractivity (Wildman–Crippen MR) is 93.0 cm³/mol. The molecule has 0 spiro atoms. The van der Waals surface area contributed by atoms with Gasteiger partial charge in [0.1, 0.15) is 5.01 Å². The number of anilines is 1. The first kappa shape index (κ1) is 15.7. The highest BCUT2D eigenvalue weighted by Gasteiger charge is 2.32. The molecule has 1 fully saturated rings. The highest BCUT2D eigenvalue weighted by molar-refractivity contribution is 7.15. The van der Waals surface area contributed by atoms with E-state index in [1.165, 1.54) is 5.56 Å². The molecule has 6 heteroatoms. The quantitative estimate of drug-likeness (QED) is 0.858. The summed E-state index contributed by atoms with van der Waals surface area (Å²) < 4.78 is 0. The first-order valence-electron chi connectivity index (χ1n) is 7.51. The molecule has 2 unspecified atom stereocenters. The molecule has 0 N–H and O–H groups in total. The Labute approximate surface area is 140 Å². The van der Waals surface area contributed by atoms with Crippen LogP contribution in [0.15, 0.2) is 24.3 Å². The van der Waals surface area contributed by atoms with E-state index in [1.807, 2.05) is 24.3 Å². The number of aromatic nitrogens is 2. The van der Waals surface area contributed by atoms with Crippen LogP contribution in [0.3, 0.4) is 0 Å². The molecule has 1 aromatic carbocycles. The van der Waals surface area contributed by atoms with Crippen LogP contribution in [0, 0.1) is 5.92 Å². The number of halogens is 1. The second kappa shape index (κ2) is 6.52. The van der Waals surface area contributed by atoms with Crippen LogP contribution in [0.1, 0.15) is 17.5 Å². The molecule has 1 aromatic heterocycles. The maximum Gasteiger partial charge on any atom is 0.208 e. The van der Waals surface area contributed by atoms with Gasteiger partial charge in [-0.25, -0.2) is 0 Å². The second-order valence-electron chi connectivity index (χ2n) is 6.19. The zero-order valence-corrected chi connectivity index (χ0v) is 14.7. The molecular weight excluding hydrogens is 316 g/mol. The number of nitrogens with zero attached hydrogens (tertiary/aromatic N) is 4. The SMILES string of the molecule is CC1CN(c2nnc(Cc3ccc(Cl)cc3)s2)CC1N(C)C. The summed E-state index contributed by atoms with van der Waals surface area (Å²) in [6, 6.07) is 8.52. The first-order chi connectivity index (χ1) is 10.5. The highest BCUT2D eigenvalue weighted by atomic mass is 35.5. The average Bonchev–Trinajstić information content (AvgIpc) is 3.08. The Morgan fingerprint density at radius 2 is 1.95 bits per heavy atom. The molecule has 3 rings (SSSR count). The van der Waals surface area contributed by atoms with Crippen molar-refractivity contribution in [2.24, 2.45) is 5.92 Å². The molecule has 2 heterocycles. The van der Waals surface area contributed by atoms with Crippen molar-refractivity contribution in [3.63, 3.8) is 0 Å². The van der Waals surface area contributed by atoms with E-state index in [-0.39, 0.29) is 0 Å². The van der Waals surface area contributed by atoms with Gasteiger partial charge in [0.05, 0.1) is 0 Å². The largest absolute Gasteiger partial charge is 0.345 e. The fourth-order valence-electron chi connectivity index (χ4n) is 3.00. The standard InChI is InChI=1S/C16H21ClN4S/c1-11-9-21(10-14(11)20(2)3)16-19-18-15(22-16)8-12-4-6-13(17)7-5-12/h4-7,11,14H,8-10H2,1-3H3. The van der Waals surface area contributed by atoms with Gasteiger partial charge >= 0.3 is 0 Å². The van der Waals surface area contributed by atoms with E-state index in [2.05, 4.69) is 41.0 Å². The van der Waals surface area contributed by atoms with Crippen LogP contribution in [-0.2, 0) is 6.42 Å². The molecule has 0 radical (unpaired) electrons. The Morgan fingerprint density at radius 1 is 1.23 bits per heavy atom. The van der Waals surface area contributed by atoms with Gasteiger partial charge in [0.25, 0.3) is 0 Å². The third kappa shape index (κ3) is 3.42. The third-order valence-electron chi connectivity index (χ3n) is 4.23. The van der Waals surface area contributed by atoms with Crippen molar-refractivity contribution < 1.29 is 0 Å². The Morgan fingerprint density at radius 3 is 2.59 bits per heavy atom. The van der Waals surface area contributed by atoms with Crippen molar-refractivity contribution >= 4 is 28.1 Å². The predicted octanol–water partition coefficient (Wildman–Crippen LogP) is 3.17. The fourth-order valence-corrected chi connectivity index (χ4v) is 4.02. The van der Waals surface area contributed by atoms with Crippen LogP contribution in [0.2, 0.25) is 5.02 Å². The number of hydrogen-bond acceptors (Lipinski definition) is 5. The molecule has 0 saturated carbocycles. The van der Waals surface area contributed by atoms with Gasteiger partial charge in [-0.05, 0) is 37.7 Å². The minimum absolute atomic E-state index is 0.587. The second-order valence-corrected chi connectivity index (χ2v) is 7.67. The lowest BCUT2D eigenvalue weighted by Crippen LogP contribution is -2.34.